The lowest BCUT2D eigenvalue weighted by Gasteiger charge is -2.36. The summed E-state index contributed by atoms with van der Waals surface area (Å²) < 4.78 is 1.15. The molecular formula is C25H46ClN. The number of nitrogens with zero attached hydrogens (tertiary/aromatic N) is 1. The van der Waals surface area contributed by atoms with Gasteiger partial charge in [-0.05, 0) is 45.7 Å². The number of quaternary nitrogens is 1. The molecule has 0 bridgehead atoms. The summed E-state index contributed by atoms with van der Waals surface area (Å²) in [4.78, 5) is 0. The summed E-state index contributed by atoms with van der Waals surface area (Å²) in [5, 5.41) is 0. The lowest BCUT2D eigenvalue weighted by molar-refractivity contribution is -0.00000579. The fourth-order valence-corrected chi connectivity index (χ4v) is 4.15. The molecule has 1 rings (SSSR count). The Morgan fingerprint density at radius 2 is 1.00 bits per heavy atom. The second-order valence-corrected chi connectivity index (χ2v) is 8.23. The van der Waals surface area contributed by atoms with Gasteiger partial charge in [0.25, 0.3) is 0 Å². The average molecular weight is 396 g/mol. The number of hydrogen-bond donors (Lipinski definition) is 0. The first-order valence-corrected chi connectivity index (χ1v) is 11.6. The molecule has 1 nitrogen and oxygen atoms in total. The van der Waals surface area contributed by atoms with Crippen molar-refractivity contribution in [3.63, 3.8) is 0 Å². The summed E-state index contributed by atoms with van der Waals surface area (Å²) in [5.41, 5.74) is 2.87. The maximum atomic E-state index is 2.35. The van der Waals surface area contributed by atoms with Crippen LogP contribution in [0.15, 0.2) is 24.3 Å². The van der Waals surface area contributed by atoms with Crippen LogP contribution in [0.1, 0.15) is 103 Å². The highest BCUT2D eigenvalue weighted by Crippen LogP contribution is 2.24. The van der Waals surface area contributed by atoms with Crippen LogP contribution in [0, 0.1) is 6.92 Å². The predicted octanol–water partition coefficient (Wildman–Crippen LogP) is 5.05. The van der Waals surface area contributed by atoms with Gasteiger partial charge in [-0.15, -0.1) is 0 Å². The Balaban J connectivity index is 0.00000676. The van der Waals surface area contributed by atoms with E-state index in [1.807, 2.05) is 0 Å². The van der Waals surface area contributed by atoms with Crippen molar-refractivity contribution in [1.29, 1.82) is 0 Å². The molecule has 0 radical (unpaired) electrons. The van der Waals surface area contributed by atoms with E-state index in [1.165, 1.54) is 108 Å². The van der Waals surface area contributed by atoms with E-state index in [0.29, 0.717) is 0 Å². The first-order chi connectivity index (χ1) is 12.7. The maximum Gasteiger partial charge on any atom is 0.132 e. The fourth-order valence-electron chi connectivity index (χ4n) is 4.15. The van der Waals surface area contributed by atoms with Gasteiger partial charge in [-0.3, -0.25) is 4.48 Å². The lowest BCUT2D eigenvalue weighted by atomic mass is 10.0. The molecule has 0 aliphatic heterocycles. The van der Waals surface area contributed by atoms with Crippen LogP contribution in [0.4, 0.5) is 5.69 Å². The molecule has 0 aliphatic carbocycles. The number of unbranched alkanes of at least 4 members (excludes halogenated alkanes) is 11. The van der Waals surface area contributed by atoms with Crippen LogP contribution < -0.4 is 16.9 Å². The van der Waals surface area contributed by atoms with Gasteiger partial charge in [0, 0.05) is 0 Å². The highest BCUT2D eigenvalue weighted by molar-refractivity contribution is 5.44. The first-order valence-electron chi connectivity index (χ1n) is 11.6. The molecule has 1 aromatic carbocycles. The maximum absolute atomic E-state index is 2.35. The topological polar surface area (TPSA) is 0 Å². The van der Waals surface area contributed by atoms with E-state index < -0.39 is 0 Å². The Morgan fingerprint density at radius 1 is 0.593 bits per heavy atom. The van der Waals surface area contributed by atoms with E-state index in [9.17, 15) is 0 Å². The lowest BCUT2D eigenvalue weighted by Crippen LogP contribution is -3.00. The number of halogens is 1. The molecule has 0 heterocycles. The molecule has 1 aromatic rings. The average Bonchev–Trinajstić information content (AvgIpc) is 2.67. The molecule has 0 spiro atoms. The van der Waals surface area contributed by atoms with E-state index in [1.54, 1.807) is 0 Å². The molecule has 0 N–H and O–H groups in total. The van der Waals surface area contributed by atoms with Crippen molar-refractivity contribution < 1.29 is 12.4 Å². The van der Waals surface area contributed by atoms with Gasteiger partial charge >= 0.3 is 0 Å². The van der Waals surface area contributed by atoms with E-state index >= 15 is 0 Å². The van der Waals surface area contributed by atoms with Gasteiger partial charge in [-0.25, -0.2) is 0 Å². The summed E-state index contributed by atoms with van der Waals surface area (Å²) >= 11 is 0. The SMILES string of the molecule is CCCCCCCCCCCCCC[N+](CC)(CC)c1ccc(C)cc1.[Cl-]. The normalized spacial score (nSPS) is 11.4. The molecule has 2 heteroatoms. The minimum absolute atomic E-state index is 0. The van der Waals surface area contributed by atoms with Gasteiger partial charge in [-0.1, -0.05) is 88.8 Å². The van der Waals surface area contributed by atoms with Crippen LogP contribution >= 0.6 is 0 Å². The van der Waals surface area contributed by atoms with Gasteiger partial charge in [0.15, 0.2) is 0 Å². The summed E-state index contributed by atoms with van der Waals surface area (Å²) in [6.45, 7) is 12.9. The molecule has 0 saturated heterocycles. The van der Waals surface area contributed by atoms with Crippen LogP contribution in [-0.2, 0) is 0 Å². The monoisotopic (exact) mass is 395 g/mol. The Morgan fingerprint density at radius 3 is 1.41 bits per heavy atom. The quantitative estimate of drug-likeness (QED) is 0.271. The molecule has 158 valence electrons. The van der Waals surface area contributed by atoms with E-state index in [2.05, 4.69) is 52.0 Å². The molecule has 0 unspecified atom stereocenters. The summed E-state index contributed by atoms with van der Waals surface area (Å²) in [6.07, 6.45) is 17.2. The molecule has 0 amide bonds. The van der Waals surface area contributed by atoms with Gasteiger partial charge in [-0.2, -0.15) is 0 Å². The first kappa shape index (κ1) is 26.5. The number of rotatable bonds is 16. The minimum atomic E-state index is 0. The van der Waals surface area contributed by atoms with Crippen molar-refractivity contribution in [2.75, 3.05) is 19.6 Å². The Kier molecular flexibility index (Phi) is 16.1. The smallest absolute Gasteiger partial charge is 0.132 e. The second-order valence-electron chi connectivity index (χ2n) is 8.23. The van der Waals surface area contributed by atoms with Crippen molar-refractivity contribution in [3.05, 3.63) is 29.8 Å². The molecule has 27 heavy (non-hydrogen) atoms. The van der Waals surface area contributed by atoms with Crippen molar-refractivity contribution in [2.24, 2.45) is 0 Å². The van der Waals surface area contributed by atoms with E-state index in [-0.39, 0.29) is 12.4 Å². The third-order valence-corrected chi connectivity index (χ3v) is 6.23. The summed E-state index contributed by atoms with van der Waals surface area (Å²) in [6, 6.07) is 9.25. The van der Waals surface area contributed by atoms with E-state index in [0.717, 1.165) is 4.48 Å². The van der Waals surface area contributed by atoms with Crippen molar-refractivity contribution in [1.82, 2.24) is 4.48 Å². The number of aryl methyl sites for hydroxylation is 1. The Hall–Kier alpha value is -0.530. The van der Waals surface area contributed by atoms with Gasteiger partial charge < -0.3 is 12.4 Å². The molecule has 0 fully saturated rings. The zero-order valence-electron chi connectivity index (χ0n) is 18.7. The standard InChI is InChI=1S/C25H46N.ClH/c1-5-8-9-10-11-12-13-14-15-16-17-18-23-26(6-2,7-3)25-21-19-24(4)20-22-25;/h19-22H,5-18,23H2,1-4H3;1H/q+1;/p-1. The van der Waals surface area contributed by atoms with Crippen LogP contribution in [0.25, 0.3) is 0 Å². The minimum Gasteiger partial charge on any atom is -1.00 e. The van der Waals surface area contributed by atoms with Crippen LogP contribution in [0.2, 0.25) is 0 Å². The highest BCUT2D eigenvalue weighted by atomic mass is 35.5. The number of benzene rings is 1. The van der Waals surface area contributed by atoms with Crippen LogP contribution in [0.5, 0.6) is 0 Å². The van der Waals surface area contributed by atoms with Gasteiger partial charge in [0.05, 0.1) is 19.6 Å². The van der Waals surface area contributed by atoms with Crippen LogP contribution in [0.3, 0.4) is 0 Å². The molecule has 0 saturated carbocycles. The molecule has 0 atom stereocenters. The molecule has 0 aromatic heterocycles. The molecular weight excluding hydrogens is 350 g/mol. The Labute approximate surface area is 176 Å². The van der Waals surface area contributed by atoms with Gasteiger partial charge in [0.2, 0.25) is 0 Å². The largest absolute Gasteiger partial charge is 1.00 e. The third-order valence-electron chi connectivity index (χ3n) is 6.23. The third kappa shape index (κ3) is 10.5. The molecule has 0 aliphatic rings. The number of hydrogen-bond acceptors (Lipinski definition) is 0. The van der Waals surface area contributed by atoms with Crippen LogP contribution in [-0.4, -0.2) is 19.6 Å². The summed E-state index contributed by atoms with van der Waals surface area (Å²) in [5.74, 6) is 0. The fraction of sp³-hybridized carbons (Fsp3) is 0.760. The summed E-state index contributed by atoms with van der Waals surface area (Å²) in [7, 11) is 0. The van der Waals surface area contributed by atoms with Crippen molar-refractivity contribution in [3.8, 4) is 0 Å². The second kappa shape index (κ2) is 16.4. The van der Waals surface area contributed by atoms with Gasteiger partial charge in [0.1, 0.15) is 5.69 Å². The highest BCUT2D eigenvalue weighted by Gasteiger charge is 2.25. The van der Waals surface area contributed by atoms with Crippen molar-refractivity contribution >= 4 is 5.69 Å². The predicted molar refractivity (Wildman–Crippen MR) is 120 cm³/mol. The van der Waals surface area contributed by atoms with Crippen molar-refractivity contribution in [2.45, 2.75) is 105 Å². The zero-order chi connectivity index (χ0) is 19.1. The zero-order valence-corrected chi connectivity index (χ0v) is 19.5. The Bertz CT molecular complexity index is 436. The van der Waals surface area contributed by atoms with E-state index in [4.69, 9.17) is 0 Å².